The van der Waals surface area contributed by atoms with Gasteiger partial charge in [0.15, 0.2) is 0 Å². The van der Waals surface area contributed by atoms with E-state index in [0.717, 1.165) is 0 Å². The molecule has 0 heterocycles. The lowest BCUT2D eigenvalue weighted by molar-refractivity contribution is 0.375. The third kappa shape index (κ3) is 2.16. The minimum Gasteiger partial charge on any atom is -0.0736 e. The van der Waals surface area contributed by atoms with Crippen molar-refractivity contribution in [3.05, 3.63) is 59.2 Å². The van der Waals surface area contributed by atoms with Gasteiger partial charge in [-0.05, 0) is 37.3 Å². The summed E-state index contributed by atoms with van der Waals surface area (Å²) in [5, 5.41) is 0. The minimum absolute atomic E-state index is 0.153. The lowest BCUT2D eigenvalue weighted by atomic mass is 9.64. The van der Waals surface area contributed by atoms with Crippen LogP contribution in [0.4, 0.5) is 0 Å². The lowest BCUT2D eigenvalue weighted by Gasteiger charge is -2.39. The summed E-state index contributed by atoms with van der Waals surface area (Å²) < 4.78 is 0. The molecular weight excluding hydrogens is 216 g/mol. The molecule has 2 rings (SSSR count). The van der Waals surface area contributed by atoms with Gasteiger partial charge in [-0.1, -0.05) is 68.3 Å². The second-order valence-corrected chi connectivity index (χ2v) is 5.71. The van der Waals surface area contributed by atoms with Gasteiger partial charge in [0, 0.05) is 5.41 Å². The van der Waals surface area contributed by atoms with Crippen molar-refractivity contribution in [3.8, 4) is 0 Å². The SMILES string of the molecule is CCCC1C(C)=CC=CC1(C)c1ccccc1C. The molecule has 0 radical (unpaired) electrons. The predicted molar refractivity (Wildman–Crippen MR) is 79.8 cm³/mol. The fraction of sp³-hybridized carbons (Fsp3) is 0.444. The van der Waals surface area contributed by atoms with E-state index in [2.05, 4.69) is 70.2 Å². The van der Waals surface area contributed by atoms with Crippen molar-refractivity contribution in [2.45, 2.75) is 46.0 Å². The first-order valence-electron chi connectivity index (χ1n) is 7.01. The van der Waals surface area contributed by atoms with Crippen molar-refractivity contribution < 1.29 is 0 Å². The summed E-state index contributed by atoms with van der Waals surface area (Å²) in [5.41, 5.74) is 4.55. The van der Waals surface area contributed by atoms with Gasteiger partial charge < -0.3 is 0 Å². The summed E-state index contributed by atoms with van der Waals surface area (Å²) in [6.45, 7) is 9.18. The van der Waals surface area contributed by atoms with Gasteiger partial charge in [0.1, 0.15) is 0 Å². The molecule has 2 unspecified atom stereocenters. The highest BCUT2D eigenvalue weighted by Gasteiger charge is 2.36. The Labute approximate surface area is 111 Å². The molecule has 0 heteroatoms. The predicted octanol–water partition coefficient (Wildman–Crippen LogP) is 5.19. The molecule has 0 N–H and O–H groups in total. The van der Waals surface area contributed by atoms with Crippen LogP contribution in [0.3, 0.4) is 0 Å². The van der Waals surface area contributed by atoms with E-state index in [4.69, 9.17) is 0 Å². The molecule has 0 aliphatic heterocycles. The smallest absolute Gasteiger partial charge is 0.0175 e. The maximum Gasteiger partial charge on any atom is 0.0175 e. The second-order valence-electron chi connectivity index (χ2n) is 5.71. The van der Waals surface area contributed by atoms with E-state index < -0.39 is 0 Å². The van der Waals surface area contributed by atoms with Crippen LogP contribution in [0, 0.1) is 12.8 Å². The first kappa shape index (κ1) is 13.1. The van der Waals surface area contributed by atoms with Gasteiger partial charge >= 0.3 is 0 Å². The lowest BCUT2D eigenvalue weighted by Crippen LogP contribution is -2.33. The zero-order valence-corrected chi connectivity index (χ0v) is 12.0. The second kappa shape index (κ2) is 5.14. The number of aryl methyl sites for hydroxylation is 1. The van der Waals surface area contributed by atoms with Crippen molar-refractivity contribution in [1.29, 1.82) is 0 Å². The first-order chi connectivity index (χ1) is 8.59. The molecule has 0 fully saturated rings. The number of hydrogen-bond donors (Lipinski definition) is 0. The first-order valence-corrected chi connectivity index (χ1v) is 7.01. The summed E-state index contributed by atoms with van der Waals surface area (Å²) in [4.78, 5) is 0. The molecule has 18 heavy (non-hydrogen) atoms. The highest BCUT2D eigenvalue weighted by Crippen LogP contribution is 2.43. The third-order valence-electron chi connectivity index (χ3n) is 4.38. The molecule has 1 aliphatic rings. The standard InChI is InChI=1S/C18H24/c1-5-9-16-15(3)11-8-13-18(16,4)17-12-7-6-10-14(17)2/h6-8,10-13,16H,5,9H2,1-4H3. The fourth-order valence-electron chi connectivity index (χ4n) is 3.38. The van der Waals surface area contributed by atoms with E-state index >= 15 is 0 Å². The summed E-state index contributed by atoms with van der Waals surface area (Å²) >= 11 is 0. The number of benzene rings is 1. The molecule has 1 aliphatic carbocycles. The van der Waals surface area contributed by atoms with E-state index in [9.17, 15) is 0 Å². The van der Waals surface area contributed by atoms with E-state index in [1.165, 1.54) is 29.5 Å². The van der Waals surface area contributed by atoms with Gasteiger partial charge in [-0.25, -0.2) is 0 Å². The molecule has 1 aromatic rings. The molecule has 0 saturated carbocycles. The maximum atomic E-state index is 2.39. The molecule has 1 aromatic carbocycles. The maximum absolute atomic E-state index is 2.39. The molecule has 0 aromatic heterocycles. The third-order valence-corrected chi connectivity index (χ3v) is 4.38. The topological polar surface area (TPSA) is 0 Å². The van der Waals surface area contributed by atoms with Crippen LogP contribution in [-0.2, 0) is 5.41 Å². The molecule has 2 atom stereocenters. The Morgan fingerprint density at radius 1 is 1.17 bits per heavy atom. The van der Waals surface area contributed by atoms with Gasteiger partial charge in [0.25, 0.3) is 0 Å². The van der Waals surface area contributed by atoms with E-state index in [0.29, 0.717) is 5.92 Å². The largest absolute Gasteiger partial charge is 0.0736 e. The molecule has 0 bridgehead atoms. The van der Waals surface area contributed by atoms with Gasteiger partial charge in [-0.15, -0.1) is 0 Å². The Morgan fingerprint density at radius 3 is 2.56 bits per heavy atom. The molecular formula is C18H24. The summed E-state index contributed by atoms with van der Waals surface area (Å²) in [6.07, 6.45) is 9.40. The van der Waals surface area contributed by atoms with E-state index in [1.807, 2.05) is 0 Å². The molecule has 0 saturated heterocycles. The highest BCUT2D eigenvalue weighted by atomic mass is 14.4. The molecule has 96 valence electrons. The Kier molecular flexibility index (Phi) is 3.75. The Bertz CT molecular complexity index is 479. The van der Waals surface area contributed by atoms with Crippen molar-refractivity contribution in [1.82, 2.24) is 0 Å². The molecule has 0 nitrogen and oxygen atoms in total. The average Bonchev–Trinajstić information content (AvgIpc) is 2.35. The van der Waals surface area contributed by atoms with Crippen molar-refractivity contribution in [2.75, 3.05) is 0 Å². The van der Waals surface area contributed by atoms with Gasteiger partial charge in [0.05, 0.1) is 0 Å². The van der Waals surface area contributed by atoms with Gasteiger partial charge in [-0.3, -0.25) is 0 Å². The van der Waals surface area contributed by atoms with Crippen LogP contribution in [0.25, 0.3) is 0 Å². The average molecular weight is 240 g/mol. The van der Waals surface area contributed by atoms with Crippen molar-refractivity contribution in [2.24, 2.45) is 5.92 Å². The molecule has 0 spiro atoms. The monoisotopic (exact) mass is 240 g/mol. The van der Waals surface area contributed by atoms with Crippen molar-refractivity contribution >= 4 is 0 Å². The molecule has 0 amide bonds. The summed E-state index contributed by atoms with van der Waals surface area (Å²) in [6, 6.07) is 8.82. The van der Waals surface area contributed by atoms with Crippen LogP contribution in [0.5, 0.6) is 0 Å². The summed E-state index contributed by atoms with van der Waals surface area (Å²) in [5.74, 6) is 0.633. The quantitative estimate of drug-likeness (QED) is 0.682. The number of rotatable bonds is 3. The van der Waals surface area contributed by atoms with Crippen LogP contribution in [-0.4, -0.2) is 0 Å². The Morgan fingerprint density at radius 2 is 1.89 bits per heavy atom. The zero-order chi connectivity index (χ0) is 13.2. The van der Waals surface area contributed by atoms with E-state index in [1.54, 1.807) is 0 Å². The number of hydrogen-bond acceptors (Lipinski definition) is 0. The normalized spacial score (nSPS) is 27.1. The van der Waals surface area contributed by atoms with Crippen LogP contribution in [0.15, 0.2) is 48.1 Å². The van der Waals surface area contributed by atoms with Crippen molar-refractivity contribution in [3.63, 3.8) is 0 Å². The fourth-order valence-corrected chi connectivity index (χ4v) is 3.38. The van der Waals surface area contributed by atoms with Crippen LogP contribution < -0.4 is 0 Å². The van der Waals surface area contributed by atoms with E-state index in [-0.39, 0.29) is 5.41 Å². The Hall–Kier alpha value is -1.30. The Balaban J connectivity index is 2.48. The van der Waals surface area contributed by atoms with Gasteiger partial charge in [-0.2, -0.15) is 0 Å². The summed E-state index contributed by atoms with van der Waals surface area (Å²) in [7, 11) is 0. The highest BCUT2D eigenvalue weighted by molar-refractivity contribution is 5.43. The van der Waals surface area contributed by atoms with Crippen LogP contribution in [0.2, 0.25) is 0 Å². The number of allylic oxidation sites excluding steroid dienone is 4. The zero-order valence-electron chi connectivity index (χ0n) is 12.0. The minimum atomic E-state index is 0.153. The van der Waals surface area contributed by atoms with Crippen LogP contribution in [0.1, 0.15) is 44.7 Å². The van der Waals surface area contributed by atoms with Crippen LogP contribution >= 0.6 is 0 Å². The van der Waals surface area contributed by atoms with Gasteiger partial charge in [0.2, 0.25) is 0 Å².